The number of amides is 1. The van der Waals surface area contributed by atoms with E-state index in [-0.39, 0.29) is 11.8 Å². The number of hydrogen-bond donors (Lipinski definition) is 1. The number of piperidine rings is 1. The van der Waals surface area contributed by atoms with Crippen molar-refractivity contribution < 1.29 is 18.8 Å². The van der Waals surface area contributed by atoms with Gasteiger partial charge in [0, 0.05) is 30.6 Å². The summed E-state index contributed by atoms with van der Waals surface area (Å²) in [5, 5.41) is 7.40. The molecule has 0 unspecified atom stereocenters. The molecule has 0 saturated carbocycles. The molecule has 0 aliphatic carbocycles. The first-order chi connectivity index (χ1) is 15.1. The van der Waals surface area contributed by atoms with E-state index >= 15 is 0 Å². The van der Waals surface area contributed by atoms with Crippen molar-refractivity contribution in [2.24, 2.45) is 5.92 Å². The van der Waals surface area contributed by atoms with Crippen molar-refractivity contribution in [2.45, 2.75) is 12.8 Å². The summed E-state index contributed by atoms with van der Waals surface area (Å²) in [6.07, 6.45) is 1.34. The second kappa shape index (κ2) is 9.26. The average molecular weight is 443 g/mol. The highest BCUT2D eigenvalue weighted by atomic mass is 35.5. The molecule has 4 rings (SSSR count). The summed E-state index contributed by atoms with van der Waals surface area (Å²) in [5.41, 5.74) is 1.42. The normalized spacial score (nSPS) is 14.4. The zero-order chi connectivity index (χ0) is 21.8. The van der Waals surface area contributed by atoms with Gasteiger partial charge in [0.15, 0.2) is 0 Å². The molecule has 1 saturated heterocycles. The van der Waals surface area contributed by atoms with E-state index in [0.29, 0.717) is 60.0 Å². The first kappa shape index (κ1) is 21.0. The van der Waals surface area contributed by atoms with Gasteiger partial charge >= 0.3 is 6.01 Å². The number of benzene rings is 2. The Morgan fingerprint density at radius 2 is 1.84 bits per heavy atom. The molecule has 9 heteroatoms. The molecule has 0 spiro atoms. The molecular formula is C22H23ClN4O4. The Labute approximate surface area is 185 Å². The molecule has 1 N–H and O–H groups in total. The van der Waals surface area contributed by atoms with Crippen LogP contribution in [0.25, 0.3) is 11.4 Å². The third-order valence-corrected chi connectivity index (χ3v) is 5.61. The second-order valence-electron chi connectivity index (χ2n) is 7.20. The van der Waals surface area contributed by atoms with Gasteiger partial charge in [0.2, 0.25) is 11.7 Å². The minimum absolute atomic E-state index is 0.0744. The molecule has 0 bridgehead atoms. The summed E-state index contributed by atoms with van der Waals surface area (Å²) in [5.74, 6) is 1.32. The van der Waals surface area contributed by atoms with Crippen LogP contribution in [0, 0.1) is 5.92 Å². The van der Waals surface area contributed by atoms with E-state index < -0.39 is 0 Å². The van der Waals surface area contributed by atoms with Gasteiger partial charge in [-0.2, -0.15) is 4.98 Å². The molecule has 1 aliphatic heterocycles. The Morgan fingerprint density at radius 1 is 1.13 bits per heavy atom. The zero-order valence-electron chi connectivity index (χ0n) is 17.3. The summed E-state index contributed by atoms with van der Waals surface area (Å²) in [4.78, 5) is 19.3. The van der Waals surface area contributed by atoms with Crippen LogP contribution < -0.4 is 19.7 Å². The van der Waals surface area contributed by atoms with Gasteiger partial charge in [0.25, 0.3) is 0 Å². The minimum Gasteiger partial charge on any atom is -0.495 e. The summed E-state index contributed by atoms with van der Waals surface area (Å²) in [6.45, 7) is 1.30. The van der Waals surface area contributed by atoms with Gasteiger partial charge in [-0.3, -0.25) is 4.79 Å². The number of hydrogen-bond acceptors (Lipinski definition) is 7. The van der Waals surface area contributed by atoms with Crippen LogP contribution in [0.1, 0.15) is 12.8 Å². The van der Waals surface area contributed by atoms with E-state index in [1.165, 1.54) is 14.2 Å². The van der Waals surface area contributed by atoms with Crippen LogP contribution in [0.3, 0.4) is 0 Å². The fourth-order valence-corrected chi connectivity index (χ4v) is 3.81. The molecule has 2 aromatic carbocycles. The van der Waals surface area contributed by atoms with Crippen LogP contribution in [0.4, 0.5) is 11.7 Å². The third-order valence-electron chi connectivity index (χ3n) is 5.32. The van der Waals surface area contributed by atoms with Gasteiger partial charge in [-0.25, -0.2) is 0 Å². The average Bonchev–Trinajstić information content (AvgIpc) is 3.30. The van der Waals surface area contributed by atoms with Crippen molar-refractivity contribution in [1.29, 1.82) is 0 Å². The number of aromatic nitrogens is 2. The number of carbonyl (C=O) groups is 1. The van der Waals surface area contributed by atoms with Crippen LogP contribution in [0.15, 0.2) is 47.0 Å². The standard InChI is InChI=1S/C22H23ClN4O4/c1-29-18-13-19(30-2)17(12-16(18)23)24-21(28)15-8-10-27(11-9-15)22-25-20(26-31-22)14-6-4-3-5-7-14/h3-7,12-13,15H,8-11H2,1-2H3,(H,24,28). The second-order valence-corrected chi connectivity index (χ2v) is 7.61. The molecule has 1 amide bonds. The molecule has 8 nitrogen and oxygen atoms in total. The van der Waals surface area contributed by atoms with Gasteiger partial charge in [-0.15, -0.1) is 0 Å². The van der Waals surface area contributed by atoms with Gasteiger partial charge in [0.05, 0.1) is 24.9 Å². The van der Waals surface area contributed by atoms with Crippen molar-refractivity contribution in [2.75, 3.05) is 37.5 Å². The fraction of sp³-hybridized carbons (Fsp3) is 0.318. The molecule has 1 aromatic heterocycles. The Kier molecular flexibility index (Phi) is 6.27. The Hall–Kier alpha value is -3.26. The first-order valence-corrected chi connectivity index (χ1v) is 10.3. The lowest BCUT2D eigenvalue weighted by atomic mass is 9.96. The fourth-order valence-electron chi connectivity index (χ4n) is 3.57. The van der Waals surface area contributed by atoms with Crippen molar-refractivity contribution in [3.8, 4) is 22.9 Å². The number of carbonyl (C=O) groups excluding carboxylic acids is 1. The number of anilines is 2. The van der Waals surface area contributed by atoms with E-state index in [1.807, 2.05) is 35.2 Å². The highest BCUT2D eigenvalue weighted by Crippen LogP contribution is 2.36. The molecule has 31 heavy (non-hydrogen) atoms. The minimum atomic E-state index is -0.140. The highest BCUT2D eigenvalue weighted by molar-refractivity contribution is 6.32. The van der Waals surface area contributed by atoms with Crippen LogP contribution >= 0.6 is 11.6 Å². The Morgan fingerprint density at radius 3 is 2.52 bits per heavy atom. The molecule has 162 valence electrons. The third kappa shape index (κ3) is 4.59. The predicted molar refractivity (Wildman–Crippen MR) is 118 cm³/mol. The van der Waals surface area contributed by atoms with E-state index in [9.17, 15) is 4.79 Å². The van der Waals surface area contributed by atoms with Gasteiger partial charge in [0.1, 0.15) is 11.5 Å². The van der Waals surface area contributed by atoms with Crippen LogP contribution in [-0.2, 0) is 4.79 Å². The maximum Gasteiger partial charge on any atom is 0.324 e. The first-order valence-electron chi connectivity index (χ1n) is 9.95. The maximum absolute atomic E-state index is 12.8. The van der Waals surface area contributed by atoms with E-state index in [2.05, 4.69) is 15.5 Å². The van der Waals surface area contributed by atoms with Crippen molar-refractivity contribution >= 4 is 29.2 Å². The predicted octanol–water partition coefficient (Wildman–Crippen LogP) is 4.26. The maximum atomic E-state index is 12.8. The van der Waals surface area contributed by atoms with Gasteiger partial charge in [-0.1, -0.05) is 47.1 Å². The van der Waals surface area contributed by atoms with E-state index in [0.717, 1.165) is 5.56 Å². The lowest BCUT2D eigenvalue weighted by Gasteiger charge is -2.29. The lowest BCUT2D eigenvalue weighted by Crippen LogP contribution is -2.38. The molecule has 0 radical (unpaired) electrons. The van der Waals surface area contributed by atoms with Gasteiger partial charge in [-0.05, 0) is 18.9 Å². The quantitative estimate of drug-likeness (QED) is 0.609. The zero-order valence-corrected chi connectivity index (χ0v) is 18.1. The number of rotatable bonds is 6. The Bertz CT molecular complexity index is 1050. The molecule has 3 aromatic rings. The number of methoxy groups -OCH3 is 2. The van der Waals surface area contributed by atoms with Gasteiger partial charge < -0.3 is 24.2 Å². The highest BCUT2D eigenvalue weighted by Gasteiger charge is 2.28. The molecule has 2 heterocycles. The Balaban J connectivity index is 1.38. The topological polar surface area (TPSA) is 89.7 Å². The van der Waals surface area contributed by atoms with Crippen molar-refractivity contribution in [3.05, 3.63) is 47.5 Å². The van der Waals surface area contributed by atoms with Crippen LogP contribution in [-0.4, -0.2) is 43.4 Å². The smallest absolute Gasteiger partial charge is 0.324 e. The van der Waals surface area contributed by atoms with Crippen LogP contribution in [0.2, 0.25) is 5.02 Å². The summed E-state index contributed by atoms with van der Waals surface area (Å²) in [7, 11) is 3.06. The molecule has 1 aliphatic rings. The number of nitrogens with zero attached hydrogens (tertiary/aromatic N) is 3. The van der Waals surface area contributed by atoms with Crippen molar-refractivity contribution in [3.63, 3.8) is 0 Å². The van der Waals surface area contributed by atoms with Crippen molar-refractivity contribution in [1.82, 2.24) is 10.1 Å². The van der Waals surface area contributed by atoms with E-state index in [1.54, 1.807) is 12.1 Å². The SMILES string of the molecule is COc1cc(OC)c(NC(=O)C2CCN(c3nc(-c4ccccc4)no3)CC2)cc1Cl. The van der Waals surface area contributed by atoms with Crippen LogP contribution in [0.5, 0.6) is 11.5 Å². The summed E-state index contributed by atoms with van der Waals surface area (Å²) in [6, 6.07) is 13.4. The number of ether oxygens (including phenoxy) is 2. The summed E-state index contributed by atoms with van der Waals surface area (Å²) >= 11 is 6.20. The van der Waals surface area contributed by atoms with E-state index in [4.69, 9.17) is 25.6 Å². The largest absolute Gasteiger partial charge is 0.495 e. The number of halogens is 1. The molecular weight excluding hydrogens is 420 g/mol. The molecule has 1 fully saturated rings. The monoisotopic (exact) mass is 442 g/mol. The summed E-state index contributed by atoms with van der Waals surface area (Å²) < 4.78 is 16.0. The lowest BCUT2D eigenvalue weighted by molar-refractivity contribution is -0.120. The molecule has 0 atom stereocenters. The number of nitrogens with one attached hydrogen (secondary N) is 1.